The Morgan fingerprint density at radius 1 is 1.25 bits per heavy atom. The lowest BCUT2D eigenvalue weighted by Crippen LogP contribution is -2.52. The van der Waals surface area contributed by atoms with Crippen LogP contribution in [0.15, 0.2) is 29.0 Å². The maximum absolute atomic E-state index is 15.0. The van der Waals surface area contributed by atoms with Crippen LogP contribution in [0.1, 0.15) is 60.9 Å². The smallest absolute Gasteiger partial charge is 0.231 e. The fraction of sp³-hybridized carbons (Fsp3) is 0.577. The van der Waals surface area contributed by atoms with E-state index in [4.69, 9.17) is 4.74 Å². The van der Waals surface area contributed by atoms with E-state index in [1.165, 1.54) is 12.4 Å². The third-order valence-corrected chi connectivity index (χ3v) is 8.13. The largest absolute Gasteiger partial charge is 0.387 e. The maximum Gasteiger partial charge on any atom is 0.231 e. The summed E-state index contributed by atoms with van der Waals surface area (Å²) in [4.78, 5) is 26.6. The molecule has 0 radical (unpaired) electrons. The normalized spacial score (nSPS) is 23.6. The van der Waals surface area contributed by atoms with E-state index in [9.17, 15) is 14.3 Å². The fourth-order valence-electron chi connectivity index (χ4n) is 5.61. The number of nitrogens with zero attached hydrogens (tertiary/aromatic N) is 4. The van der Waals surface area contributed by atoms with Crippen LogP contribution in [-0.2, 0) is 9.53 Å². The number of anilines is 1. The van der Waals surface area contributed by atoms with E-state index >= 15 is 0 Å². The number of halogens is 2. The van der Waals surface area contributed by atoms with Gasteiger partial charge in [0.1, 0.15) is 18.0 Å². The summed E-state index contributed by atoms with van der Waals surface area (Å²) in [6.07, 6.45) is 3.39. The second-order valence-corrected chi connectivity index (χ2v) is 10.9. The molecule has 8 nitrogen and oxygen atoms in total. The molecule has 0 unspecified atom stereocenters. The number of carbonyl (C=O) groups excluding carboxylic acids is 1. The second-order valence-electron chi connectivity index (χ2n) is 9.97. The molecule has 3 heterocycles. The fourth-order valence-corrected chi connectivity index (χ4v) is 5.95. The summed E-state index contributed by atoms with van der Waals surface area (Å²) in [5, 5.41) is 13.8. The zero-order chi connectivity index (χ0) is 25.2. The molecule has 0 saturated carbocycles. The maximum atomic E-state index is 15.0. The number of aromatic nitrogens is 2. The standard InChI is InChI=1S/C26H33BrFN5O3/c1-16-12-22(34)24-23(16)25(31-15-30-24)32-6-8-33(9-7-32)26(35)20(14-29-18-4-10-36-11-5-18)19-3-2-17(27)13-21(19)28/h2-3,13,15-16,18,20,22,29,34H,4-12,14H2,1H3/t16-,20-,22-/m1/s1. The van der Waals surface area contributed by atoms with Gasteiger partial charge in [0.15, 0.2) is 0 Å². The molecule has 1 aromatic carbocycles. The molecule has 2 fully saturated rings. The number of nitrogens with one attached hydrogen (secondary N) is 1. The van der Waals surface area contributed by atoms with Crippen molar-refractivity contribution in [3.8, 4) is 0 Å². The van der Waals surface area contributed by atoms with Crippen molar-refractivity contribution in [2.45, 2.75) is 50.2 Å². The summed E-state index contributed by atoms with van der Waals surface area (Å²) in [5.74, 6) is -0.00273. The molecule has 1 aliphatic carbocycles. The molecular formula is C26H33BrFN5O3. The SMILES string of the molecule is C[C@@H]1C[C@@H](O)c2ncnc(N3CCN(C(=O)[C@H](CNC4CCOCC4)c4ccc(Br)cc4F)CC3)c21. The van der Waals surface area contributed by atoms with Crippen molar-refractivity contribution in [2.24, 2.45) is 0 Å². The van der Waals surface area contributed by atoms with Gasteiger partial charge in [-0.15, -0.1) is 0 Å². The zero-order valence-electron chi connectivity index (χ0n) is 20.5. The van der Waals surface area contributed by atoms with Gasteiger partial charge in [-0.05, 0) is 37.3 Å². The second kappa shape index (κ2) is 11.1. The molecule has 0 bridgehead atoms. The van der Waals surface area contributed by atoms with Crippen molar-refractivity contribution in [1.29, 1.82) is 0 Å². The van der Waals surface area contributed by atoms with Gasteiger partial charge in [0.05, 0.1) is 17.7 Å². The van der Waals surface area contributed by atoms with Gasteiger partial charge in [-0.3, -0.25) is 4.79 Å². The Hall–Kier alpha value is -2.14. The highest BCUT2D eigenvalue weighted by Gasteiger charge is 2.35. The number of ether oxygens (including phenoxy) is 1. The van der Waals surface area contributed by atoms with Crippen molar-refractivity contribution >= 4 is 27.7 Å². The van der Waals surface area contributed by atoms with E-state index in [-0.39, 0.29) is 23.7 Å². The number of carbonyl (C=O) groups is 1. The highest BCUT2D eigenvalue weighted by molar-refractivity contribution is 9.10. The van der Waals surface area contributed by atoms with E-state index < -0.39 is 12.0 Å². The number of piperazine rings is 1. The van der Waals surface area contributed by atoms with Gasteiger partial charge in [0.25, 0.3) is 0 Å². The van der Waals surface area contributed by atoms with Gasteiger partial charge >= 0.3 is 0 Å². The molecule has 10 heteroatoms. The number of hydrogen-bond donors (Lipinski definition) is 2. The Morgan fingerprint density at radius 2 is 2.00 bits per heavy atom. The minimum Gasteiger partial charge on any atom is -0.387 e. The van der Waals surface area contributed by atoms with Crippen molar-refractivity contribution in [3.05, 3.63) is 51.6 Å². The molecule has 1 aromatic heterocycles. The third kappa shape index (κ3) is 5.27. The van der Waals surface area contributed by atoms with E-state index in [0.29, 0.717) is 62.4 Å². The Kier molecular flexibility index (Phi) is 7.85. The van der Waals surface area contributed by atoms with Gasteiger partial charge in [0, 0.05) is 67.6 Å². The number of rotatable bonds is 6. The lowest BCUT2D eigenvalue weighted by molar-refractivity contribution is -0.133. The van der Waals surface area contributed by atoms with Crippen LogP contribution in [0, 0.1) is 5.82 Å². The first kappa shape index (κ1) is 25.5. The van der Waals surface area contributed by atoms with Gasteiger partial charge in [0.2, 0.25) is 5.91 Å². The van der Waals surface area contributed by atoms with Crippen molar-refractivity contribution in [1.82, 2.24) is 20.2 Å². The first-order valence-electron chi connectivity index (χ1n) is 12.7. The first-order chi connectivity index (χ1) is 17.4. The van der Waals surface area contributed by atoms with E-state index in [1.54, 1.807) is 12.1 Å². The average Bonchev–Trinajstić information content (AvgIpc) is 3.19. The van der Waals surface area contributed by atoms with Gasteiger partial charge < -0.3 is 25.0 Å². The summed E-state index contributed by atoms with van der Waals surface area (Å²) in [7, 11) is 0. The number of amides is 1. The van der Waals surface area contributed by atoms with Crippen LogP contribution in [0.3, 0.4) is 0 Å². The van der Waals surface area contributed by atoms with E-state index in [0.717, 1.165) is 29.9 Å². The Morgan fingerprint density at radius 3 is 2.72 bits per heavy atom. The number of benzene rings is 1. The molecule has 2 N–H and O–H groups in total. The lowest BCUT2D eigenvalue weighted by Gasteiger charge is -2.38. The number of hydrogen-bond acceptors (Lipinski definition) is 7. The van der Waals surface area contributed by atoms with Crippen LogP contribution in [0.2, 0.25) is 0 Å². The molecule has 5 rings (SSSR count). The van der Waals surface area contributed by atoms with Crippen molar-refractivity contribution in [2.75, 3.05) is 50.8 Å². The Balaban J connectivity index is 1.30. The number of aliphatic hydroxyl groups is 1. The van der Waals surface area contributed by atoms with Crippen molar-refractivity contribution < 1.29 is 19.0 Å². The molecule has 2 aromatic rings. The Bertz CT molecular complexity index is 1090. The van der Waals surface area contributed by atoms with Crippen LogP contribution in [-0.4, -0.2) is 77.9 Å². The summed E-state index contributed by atoms with van der Waals surface area (Å²) in [5.41, 5.74) is 2.15. The minimum absolute atomic E-state index is 0.0628. The molecule has 2 saturated heterocycles. The average molecular weight is 562 g/mol. The molecular weight excluding hydrogens is 529 g/mol. The Labute approximate surface area is 219 Å². The quantitative estimate of drug-likeness (QED) is 0.560. The molecule has 0 spiro atoms. The van der Waals surface area contributed by atoms with Gasteiger partial charge in [-0.25, -0.2) is 14.4 Å². The predicted octanol–water partition coefficient (Wildman–Crippen LogP) is 3.12. The predicted molar refractivity (Wildman–Crippen MR) is 138 cm³/mol. The van der Waals surface area contributed by atoms with Crippen LogP contribution in [0.4, 0.5) is 10.2 Å². The highest BCUT2D eigenvalue weighted by Crippen LogP contribution is 2.42. The summed E-state index contributed by atoms with van der Waals surface area (Å²) < 4.78 is 21.1. The molecule has 3 aliphatic rings. The van der Waals surface area contributed by atoms with E-state index in [2.05, 4.69) is 43.0 Å². The van der Waals surface area contributed by atoms with Crippen LogP contribution in [0.25, 0.3) is 0 Å². The number of aliphatic hydroxyl groups excluding tert-OH is 1. The molecule has 194 valence electrons. The molecule has 3 atom stereocenters. The summed E-state index contributed by atoms with van der Waals surface area (Å²) >= 11 is 3.32. The van der Waals surface area contributed by atoms with Crippen molar-refractivity contribution in [3.63, 3.8) is 0 Å². The van der Waals surface area contributed by atoms with Gasteiger partial charge in [-0.2, -0.15) is 0 Å². The third-order valence-electron chi connectivity index (χ3n) is 7.64. The molecule has 1 amide bonds. The minimum atomic E-state index is -0.606. The summed E-state index contributed by atoms with van der Waals surface area (Å²) in [6.45, 7) is 6.19. The van der Waals surface area contributed by atoms with Crippen LogP contribution >= 0.6 is 15.9 Å². The van der Waals surface area contributed by atoms with Crippen LogP contribution < -0.4 is 10.2 Å². The van der Waals surface area contributed by atoms with Gasteiger partial charge in [-0.1, -0.05) is 28.9 Å². The molecule has 36 heavy (non-hydrogen) atoms. The topological polar surface area (TPSA) is 90.8 Å². The monoisotopic (exact) mass is 561 g/mol. The molecule has 2 aliphatic heterocycles. The van der Waals surface area contributed by atoms with E-state index in [1.807, 2.05) is 4.90 Å². The first-order valence-corrected chi connectivity index (χ1v) is 13.5. The summed E-state index contributed by atoms with van der Waals surface area (Å²) in [6, 6.07) is 5.19. The lowest BCUT2D eigenvalue weighted by atomic mass is 9.95. The highest BCUT2D eigenvalue weighted by atomic mass is 79.9. The van der Waals surface area contributed by atoms with Crippen LogP contribution in [0.5, 0.6) is 0 Å². The zero-order valence-corrected chi connectivity index (χ0v) is 22.1. The number of fused-ring (bicyclic) bond motifs is 1.